The highest BCUT2D eigenvalue weighted by Gasteiger charge is 2.36. The van der Waals surface area contributed by atoms with Crippen molar-refractivity contribution in [2.24, 2.45) is 0 Å². The van der Waals surface area contributed by atoms with Gasteiger partial charge >= 0.3 is 0 Å². The fraction of sp³-hybridized carbons (Fsp3) is 0.136. The van der Waals surface area contributed by atoms with Crippen LogP contribution in [0, 0.1) is 0 Å². The molecule has 0 unspecified atom stereocenters. The molecule has 6 nitrogen and oxygen atoms in total. The van der Waals surface area contributed by atoms with Gasteiger partial charge in [-0.05, 0) is 47.5 Å². The normalized spacial score (nSPS) is 15.4. The van der Waals surface area contributed by atoms with E-state index in [9.17, 15) is 14.4 Å². The van der Waals surface area contributed by atoms with Crippen LogP contribution >= 0.6 is 23.4 Å². The van der Waals surface area contributed by atoms with E-state index in [1.165, 1.54) is 0 Å². The zero-order valence-electron chi connectivity index (χ0n) is 15.9. The molecule has 0 aliphatic carbocycles. The molecule has 1 aliphatic rings. The van der Waals surface area contributed by atoms with Crippen LogP contribution in [0.4, 0.5) is 4.79 Å². The number of rotatable bonds is 6. The first-order chi connectivity index (χ1) is 14.5. The molecule has 2 heterocycles. The number of amides is 3. The van der Waals surface area contributed by atoms with Gasteiger partial charge in [-0.2, -0.15) is 0 Å². The number of hydrogen-bond donors (Lipinski definition) is 2. The van der Waals surface area contributed by atoms with Crippen molar-refractivity contribution >= 4 is 57.4 Å². The SMILES string of the molecule is O=C(CN1C(=O)S/C(=C/c2ccccc2Cl)C1=O)NCCc1c[nH]c2ccccc12. The molecule has 2 N–H and O–H groups in total. The van der Waals surface area contributed by atoms with E-state index >= 15 is 0 Å². The third kappa shape index (κ3) is 4.27. The predicted molar refractivity (Wildman–Crippen MR) is 119 cm³/mol. The number of carbonyl (C=O) groups is 3. The minimum Gasteiger partial charge on any atom is -0.361 e. The van der Waals surface area contributed by atoms with Gasteiger partial charge < -0.3 is 10.3 Å². The summed E-state index contributed by atoms with van der Waals surface area (Å²) in [5, 5.41) is 3.91. The van der Waals surface area contributed by atoms with Crippen LogP contribution in [-0.4, -0.2) is 40.0 Å². The van der Waals surface area contributed by atoms with E-state index in [2.05, 4.69) is 10.3 Å². The average molecular weight is 440 g/mol. The summed E-state index contributed by atoms with van der Waals surface area (Å²) in [4.78, 5) is 41.5. The van der Waals surface area contributed by atoms with Gasteiger partial charge in [-0.1, -0.05) is 48.0 Å². The zero-order chi connectivity index (χ0) is 21.1. The zero-order valence-corrected chi connectivity index (χ0v) is 17.4. The number of nitrogens with one attached hydrogen (secondary N) is 2. The van der Waals surface area contributed by atoms with Crippen molar-refractivity contribution in [3.63, 3.8) is 0 Å². The molecule has 30 heavy (non-hydrogen) atoms. The summed E-state index contributed by atoms with van der Waals surface area (Å²) >= 11 is 6.92. The lowest BCUT2D eigenvalue weighted by atomic mass is 10.1. The molecule has 1 fully saturated rings. The molecule has 0 saturated carbocycles. The summed E-state index contributed by atoms with van der Waals surface area (Å²) in [5.41, 5.74) is 2.79. The van der Waals surface area contributed by atoms with Crippen LogP contribution in [0.25, 0.3) is 17.0 Å². The van der Waals surface area contributed by atoms with Gasteiger partial charge in [0.25, 0.3) is 11.1 Å². The number of nitrogens with zero attached hydrogens (tertiary/aromatic N) is 1. The van der Waals surface area contributed by atoms with Crippen LogP contribution in [-0.2, 0) is 16.0 Å². The Labute approximate surface area is 182 Å². The van der Waals surface area contributed by atoms with Crippen LogP contribution in [0.5, 0.6) is 0 Å². The number of hydrogen-bond acceptors (Lipinski definition) is 4. The van der Waals surface area contributed by atoms with Crippen molar-refractivity contribution in [3.05, 3.63) is 75.8 Å². The number of fused-ring (bicyclic) bond motifs is 1. The maximum Gasteiger partial charge on any atom is 0.294 e. The number of para-hydroxylation sites is 1. The van der Waals surface area contributed by atoms with Crippen molar-refractivity contribution in [2.45, 2.75) is 6.42 Å². The standard InChI is InChI=1S/C22H18ClN3O3S/c23-17-7-3-1-5-14(17)11-19-21(28)26(22(29)30-19)13-20(27)24-10-9-15-12-25-18-8-4-2-6-16(15)18/h1-8,11-12,25H,9-10,13H2,(H,24,27)/b19-11+. The predicted octanol–water partition coefficient (Wildman–Crippen LogP) is 4.22. The van der Waals surface area contributed by atoms with Crippen LogP contribution in [0.1, 0.15) is 11.1 Å². The summed E-state index contributed by atoms with van der Waals surface area (Å²) < 4.78 is 0. The fourth-order valence-electron chi connectivity index (χ4n) is 3.24. The first-order valence-electron chi connectivity index (χ1n) is 9.34. The molecule has 8 heteroatoms. The van der Waals surface area contributed by atoms with Gasteiger partial charge in [0.15, 0.2) is 0 Å². The number of aromatic nitrogens is 1. The maximum absolute atomic E-state index is 12.6. The van der Waals surface area contributed by atoms with E-state index in [0.717, 1.165) is 33.1 Å². The molecule has 2 aromatic carbocycles. The molecule has 1 aromatic heterocycles. The lowest BCUT2D eigenvalue weighted by molar-refractivity contribution is -0.129. The second kappa shape index (κ2) is 8.77. The summed E-state index contributed by atoms with van der Waals surface area (Å²) in [6.07, 6.45) is 4.14. The van der Waals surface area contributed by atoms with Crippen molar-refractivity contribution in [2.75, 3.05) is 13.1 Å². The quantitative estimate of drug-likeness (QED) is 0.563. The number of carbonyl (C=O) groups excluding carboxylic acids is 3. The highest BCUT2D eigenvalue weighted by molar-refractivity contribution is 8.18. The van der Waals surface area contributed by atoms with Gasteiger partial charge in [0.2, 0.25) is 5.91 Å². The van der Waals surface area contributed by atoms with Crippen LogP contribution < -0.4 is 5.32 Å². The Morgan fingerprint density at radius 2 is 1.90 bits per heavy atom. The monoisotopic (exact) mass is 439 g/mol. The van der Waals surface area contributed by atoms with Gasteiger partial charge in [0.05, 0.1) is 4.91 Å². The largest absolute Gasteiger partial charge is 0.361 e. The molecular formula is C22H18ClN3O3S. The highest BCUT2D eigenvalue weighted by Crippen LogP contribution is 2.33. The van der Waals surface area contributed by atoms with Crippen molar-refractivity contribution in [1.29, 1.82) is 0 Å². The fourth-order valence-corrected chi connectivity index (χ4v) is 4.26. The molecule has 1 aliphatic heterocycles. The first kappa shape index (κ1) is 20.3. The van der Waals surface area contributed by atoms with E-state index in [1.807, 2.05) is 30.5 Å². The number of aromatic amines is 1. The lowest BCUT2D eigenvalue weighted by Gasteiger charge is -2.12. The number of H-pyrrole nitrogens is 1. The first-order valence-corrected chi connectivity index (χ1v) is 10.5. The smallest absolute Gasteiger partial charge is 0.294 e. The molecule has 152 valence electrons. The molecule has 0 radical (unpaired) electrons. The van der Waals surface area contributed by atoms with Gasteiger partial charge in [0, 0.05) is 28.7 Å². The van der Waals surface area contributed by atoms with Gasteiger partial charge in [0.1, 0.15) is 6.54 Å². The summed E-state index contributed by atoms with van der Waals surface area (Å²) in [7, 11) is 0. The topological polar surface area (TPSA) is 82.3 Å². The van der Waals surface area contributed by atoms with Crippen LogP contribution in [0.3, 0.4) is 0 Å². The Bertz CT molecular complexity index is 1170. The Morgan fingerprint density at radius 3 is 2.73 bits per heavy atom. The summed E-state index contributed by atoms with van der Waals surface area (Å²) in [6.45, 7) is 0.102. The second-order valence-corrected chi connectivity index (χ2v) is 8.15. The third-order valence-electron chi connectivity index (χ3n) is 4.76. The number of benzene rings is 2. The molecule has 3 aromatic rings. The molecule has 0 bridgehead atoms. The minimum absolute atomic E-state index is 0.250. The van der Waals surface area contributed by atoms with E-state index in [-0.39, 0.29) is 17.4 Å². The molecule has 0 atom stereocenters. The van der Waals surface area contributed by atoms with Gasteiger partial charge in [-0.3, -0.25) is 19.3 Å². The average Bonchev–Trinajstić information content (AvgIpc) is 3.26. The van der Waals surface area contributed by atoms with E-state index in [0.29, 0.717) is 23.6 Å². The minimum atomic E-state index is -0.489. The Balaban J connectivity index is 1.34. The van der Waals surface area contributed by atoms with Gasteiger partial charge in [-0.25, -0.2) is 0 Å². The third-order valence-corrected chi connectivity index (χ3v) is 6.01. The Kier molecular flexibility index (Phi) is 5.92. The van der Waals surface area contributed by atoms with E-state index < -0.39 is 11.1 Å². The van der Waals surface area contributed by atoms with Gasteiger partial charge in [-0.15, -0.1) is 0 Å². The number of thioether (sulfide) groups is 1. The molecule has 0 spiro atoms. The molecule has 4 rings (SSSR count). The maximum atomic E-state index is 12.6. The van der Waals surface area contributed by atoms with Crippen LogP contribution in [0.2, 0.25) is 5.02 Å². The van der Waals surface area contributed by atoms with Crippen molar-refractivity contribution in [3.8, 4) is 0 Å². The molecular weight excluding hydrogens is 422 g/mol. The van der Waals surface area contributed by atoms with E-state index in [4.69, 9.17) is 11.6 Å². The highest BCUT2D eigenvalue weighted by atomic mass is 35.5. The number of imide groups is 1. The van der Waals surface area contributed by atoms with Crippen molar-refractivity contribution < 1.29 is 14.4 Å². The summed E-state index contributed by atoms with van der Waals surface area (Å²) in [5.74, 6) is -0.868. The molecule has 3 amide bonds. The Hall–Kier alpha value is -3.03. The van der Waals surface area contributed by atoms with Crippen LogP contribution in [0.15, 0.2) is 59.6 Å². The Morgan fingerprint density at radius 1 is 1.13 bits per heavy atom. The summed E-state index contributed by atoms with van der Waals surface area (Å²) in [6, 6.07) is 15.0. The second-order valence-electron chi connectivity index (χ2n) is 6.75. The number of halogens is 1. The molecule has 1 saturated heterocycles. The van der Waals surface area contributed by atoms with Crippen molar-refractivity contribution in [1.82, 2.24) is 15.2 Å². The van der Waals surface area contributed by atoms with E-state index in [1.54, 1.807) is 30.3 Å². The lowest BCUT2D eigenvalue weighted by Crippen LogP contribution is -2.40.